The molecule has 4 nitrogen and oxygen atoms in total. The van der Waals surface area contributed by atoms with Crippen molar-refractivity contribution in [3.8, 4) is 0 Å². The zero-order valence-electron chi connectivity index (χ0n) is 9.44. The quantitative estimate of drug-likeness (QED) is 0.811. The minimum Gasteiger partial charge on any atom is -0.357 e. The number of aldehydes is 1. The van der Waals surface area contributed by atoms with Gasteiger partial charge in [-0.15, -0.1) is 0 Å². The molecule has 1 N–H and O–H groups in total. The van der Waals surface area contributed by atoms with Crippen molar-refractivity contribution in [3.05, 3.63) is 28.8 Å². The summed E-state index contributed by atoms with van der Waals surface area (Å²) in [6.45, 7) is 3.15. The van der Waals surface area contributed by atoms with Gasteiger partial charge < -0.3 is 10.2 Å². The fourth-order valence-corrected chi connectivity index (χ4v) is 2.24. The Kier molecular flexibility index (Phi) is 3.33. The van der Waals surface area contributed by atoms with E-state index in [1.807, 2.05) is 11.8 Å². The number of hydrogen-bond donors (Lipinski definition) is 1. The third kappa shape index (κ3) is 2.26. The normalized spacial score (nSPS) is 20.0. The molecule has 1 aromatic carbocycles. The van der Waals surface area contributed by atoms with Gasteiger partial charge in [-0.1, -0.05) is 11.6 Å². The van der Waals surface area contributed by atoms with Crippen LogP contribution >= 0.6 is 11.6 Å². The smallest absolute Gasteiger partial charge is 0.242 e. The van der Waals surface area contributed by atoms with E-state index in [-0.39, 0.29) is 11.9 Å². The third-order valence-corrected chi connectivity index (χ3v) is 3.22. The summed E-state index contributed by atoms with van der Waals surface area (Å²) in [7, 11) is 0. The lowest BCUT2D eigenvalue weighted by molar-refractivity contribution is -0.122. The molecule has 1 heterocycles. The molecule has 0 spiro atoms. The van der Waals surface area contributed by atoms with Crippen LogP contribution in [0, 0.1) is 0 Å². The van der Waals surface area contributed by atoms with Crippen molar-refractivity contribution in [2.45, 2.75) is 13.0 Å². The summed E-state index contributed by atoms with van der Waals surface area (Å²) in [6, 6.07) is 4.85. The molecule has 0 aliphatic carbocycles. The third-order valence-electron chi connectivity index (χ3n) is 2.92. The van der Waals surface area contributed by atoms with Gasteiger partial charge in [0.1, 0.15) is 12.3 Å². The number of halogens is 1. The van der Waals surface area contributed by atoms with Crippen LogP contribution in [0.15, 0.2) is 18.2 Å². The van der Waals surface area contributed by atoms with Gasteiger partial charge in [0, 0.05) is 18.7 Å². The van der Waals surface area contributed by atoms with Gasteiger partial charge in [-0.3, -0.25) is 9.59 Å². The lowest BCUT2D eigenvalue weighted by Crippen LogP contribution is -2.54. The predicted molar refractivity (Wildman–Crippen MR) is 66.7 cm³/mol. The highest BCUT2D eigenvalue weighted by Gasteiger charge is 2.26. The van der Waals surface area contributed by atoms with Crippen LogP contribution in [0.5, 0.6) is 0 Å². The summed E-state index contributed by atoms with van der Waals surface area (Å²) in [5, 5.41) is 3.29. The summed E-state index contributed by atoms with van der Waals surface area (Å²) in [6.07, 6.45) is 0.752. The van der Waals surface area contributed by atoms with E-state index < -0.39 is 0 Å². The summed E-state index contributed by atoms with van der Waals surface area (Å²) in [5.74, 6) is -0.00761. The summed E-state index contributed by atoms with van der Waals surface area (Å²) >= 11 is 6.12. The average Bonchev–Trinajstić information content (AvgIpc) is 2.33. The highest BCUT2D eigenvalue weighted by molar-refractivity contribution is 6.33. The van der Waals surface area contributed by atoms with Gasteiger partial charge in [-0.25, -0.2) is 0 Å². The van der Waals surface area contributed by atoms with E-state index in [1.165, 1.54) is 0 Å². The second-order valence-electron chi connectivity index (χ2n) is 3.99. The Balaban J connectivity index is 2.33. The molecule has 1 atom stereocenters. The zero-order valence-corrected chi connectivity index (χ0v) is 10.2. The Morgan fingerprint density at radius 3 is 2.94 bits per heavy atom. The van der Waals surface area contributed by atoms with Crippen LogP contribution in [0.4, 0.5) is 5.69 Å². The molecule has 0 bridgehead atoms. The van der Waals surface area contributed by atoms with Gasteiger partial charge in [0.2, 0.25) is 5.91 Å². The minimum atomic E-state index is -0.247. The van der Waals surface area contributed by atoms with E-state index in [2.05, 4.69) is 5.32 Å². The molecule has 5 heteroatoms. The molecule has 1 aromatic rings. The number of anilines is 1. The molecule has 17 heavy (non-hydrogen) atoms. The SMILES string of the molecule is CC1C(=O)NCCN1c1ccc(C=O)cc1Cl. The van der Waals surface area contributed by atoms with Crippen molar-refractivity contribution >= 4 is 29.5 Å². The fraction of sp³-hybridized carbons (Fsp3) is 0.333. The molecule has 1 amide bonds. The Bertz CT molecular complexity index is 462. The molecule has 1 aliphatic heterocycles. The second kappa shape index (κ2) is 4.75. The van der Waals surface area contributed by atoms with Crippen LogP contribution < -0.4 is 10.2 Å². The first-order valence-electron chi connectivity index (χ1n) is 5.42. The average molecular weight is 253 g/mol. The van der Waals surface area contributed by atoms with Crippen LogP contribution in [-0.2, 0) is 4.79 Å². The van der Waals surface area contributed by atoms with E-state index in [0.717, 1.165) is 12.0 Å². The van der Waals surface area contributed by atoms with E-state index >= 15 is 0 Å². The molecule has 1 saturated heterocycles. The number of piperazine rings is 1. The predicted octanol–water partition coefficient (Wildman–Crippen LogP) is 1.48. The Labute approximate surface area is 105 Å². The molecule has 1 unspecified atom stereocenters. The number of amides is 1. The minimum absolute atomic E-state index is 0.00761. The topological polar surface area (TPSA) is 49.4 Å². The molecule has 0 radical (unpaired) electrons. The monoisotopic (exact) mass is 252 g/mol. The number of carbonyl (C=O) groups is 2. The van der Waals surface area contributed by atoms with Gasteiger partial charge in [0.05, 0.1) is 10.7 Å². The second-order valence-corrected chi connectivity index (χ2v) is 4.40. The summed E-state index contributed by atoms with van der Waals surface area (Å²) < 4.78 is 0. The molecular weight excluding hydrogens is 240 g/mol. The molecule has 0 saturated carbocycles. The lowest BCUT2D eigenvalue weighted by Gasteiger charge is -2.35. The lowest BCUT2D eigenvalue weighted by atomic mass is 10.1. The molecule has 90 valence electrons. The van der Waals surface area contributed by atoms with Gasteiger partial charge >= 0.3 is 0 Å². The first kappa shape index (κ1) is 11.9. The van der Waals surface area contributed by atoms with Crippen LogP contribution in [0.25, 0.3) is 0 Å². The number of nitrogens with one attached hydrogen (secondary N) is 1. The number of hydrogen-bond acceptors (Lipinski definition) is 3. The first-order valence-corrected chi connectivity index (χ1v) is 5.80. The number of nitrogens with zero attached hydrogens (tertiary/aromatic N) is 1. The number of rotatable bonds is 2. The van der Waals surface area contributed by atoms with Gasteiger partial charge in [-0.2, -0.15) is 0 Å². The van der Waals surface area contributed by atoms with Crippen LogP contribution in [-0.4, -0.2) is 31.3 Å². The number of benzene rings is 1. The van der Waals surface area contributed by atoms with Crippen molar-refractivity contribution in [1.82, 2.24) is 5.32 Å². The van der Waals surface area contributed by atoms with Crippen LogP contribution in [0.2, 0.25) is 5.02 Å². The maximum absolute atomic E-state index is 11.6. The maximum atomic E-state index is 11.6. The van der Waals surface area contributed by atoms with Gasteiger partial charge in [-0.05, 0) is 25.1 Å². The first-order chi connectivity index (χ1) is 8.13. The summed E-state index contributed by atoms with van der Waals surface area (Å²) in [4.78, 5) is 24.1. The van der Waals surface area contributed by atoms with E-state index in [1.54, 1.807) is 18.2 Å². The van der Waals surface area contributed by atoms with Crippen molar-refractivity contribution in [2.24, 2.45) is 0 Å². The fourth-order valence-electron chi connectivity index (χ4n) is 1.94. The van der Waals surface area contributed by atoms with Crippen molar-refractivity contribution in [2.75, 3.05) is 18.0 Å². The van der Waals surface area contributed by atoms with Gasteiger partial charge in [0.25, 0.3) is 0 Å². The molecule has 1 fully saturated rings. The highest BCUT2D eigenvalue weighted by Crippen LogP contribution is 2.28. The van der Waals surface area contributed by atoms with Crippen molar-refractivity contribution in [1.29, 1.82) is 0 Å². The Hall–Kier alpha value is -1.55. The van der Waals surface area contributed by atoms with Crippen molar-refractivity contribution < 1.29 is 9.59 Å². The zero-order chi connectivity index (χ0) is 12.4. The summed E-state index contributed by atoms with van der Waals surface area (Å²) in [5.41, 5.74) is 1.33. The standard InChI is InChI=1S/C12H13ClN2O2/c1-8-12(17)14-4-5-15(8)11-3-2-9(7-16)6-10(11)13/h2-3,6-8H,4-5H2,1H3,(H,14,17). The van der Waals surface area contributed by atoms with Crippen molar-refractivity contribution in [3.63, 3.8) is 0 Å². The molecular formula is C12H13ClN2O2. The maximum Gasteiger partial charge on any atom is 0.242 e. The van der Waals surface area contributed by atoms with E-state index in [4.69, 9.17) is 11.6 Å². The largest absolute Gasteiger partial charge is 0.357 e. The Morgan fingerprint density at radius 2 is 2.29 bits per heavy atom. The molecule has 2 rings (SSSR count). The highest BCUT2D eigenvalue weighted by atomic mass is 35.5. The Morgan fingerprint density at radius 1 is 1.53 bits per heavy atom. The number of carbonyl (C=O) groups excluding carboxylic acids is 2. The van der Waals surface area contributed by atoms with E-state index in [9.17, 15) is 9.59 Å². The van der Waals surface area contributed by atoms with Crippen LogP contribution in [0.3, 0.4) is 0 Å². The van der Waals surface area contributed by atoms with E-state index in [0.29, 0.717) is 23.7 Å². The molecule has 0 aromatic heterocycles. The molecule has 1 aliphatic rings. The van der Waals surface area contributed by atoms with Gasteiger partial charge in [0.15, 0.2) is 0 Å². The van der Waals surface area contributed by atoms with Crippen LogP contribution in [0.1, 0.15) is 17.3 Å².